The molecule has 6 heteroatoms. The molecule has 5 nitrogen and oxygen atoms in total. The first kappa shape index (κ1) is 17.2. The van der Waals surface area contributed by atoms with Crippen LogP contribution < -0.4 is 20.1 Å². The van der Waals surface area contributed by atoms with E-state index in [-0.39, 0.29) is 12.1 Å². The highest BCUT2D eigenvalue weighted by Gasteiger charge is 2.34. The molecule has 2 N–H and O–H groups in total. The number of carbonyl (C=O) groups excluding carboxylic acids is 1. The zero-order chi connectivity index (χ0) is 18.3. The second kappa shape index (κ2) is 6.83. The molecule has 4 rings (SSSR count). The molecule has 2 atom stereocenters. The van der Waals surface area contributed by atoms with E-state index in [2.05, 4.69) is 17.6 Å². The molecule has 1 aromatic heterocycles. The fourth-order valence-corrected chi connectivity index (χ4v) is 5.31. The van der Waals surface area contributed by atoms with Gasteiger partial charge in [-0.05, 0) is 42.9 Å². The molecule has 1 amide bonds. The first-order valence-electron chi connectivity index (χ1n) is 9.08. The molecule has 2 aromatic rings. The lowest BCUT2D eigenvalue weighted by Crippen LogP contribution is -2.38. The summed E-state index contributed by atoms with van der Waals surface area (Å²) >= 11 is 1.74. The standard InChI is InChI=1S/C20H24N2O3S/c1-4-11-5-7-14-16(9-11)26-20-17(14)19(23)21-18(22-20)13-8-6-12(24-2)10-15(13)25-3/h6,8,10-11,18,22H,4-5,7,9H2,1-3H3,(H,21,23)/t11-,18-/m0/s1. The first-order chi connectivity index (χ1) is 12.6. The minimum Gasteiger partial charge on any atom is -0.497 e. The predicted molar refractivity (Wildman–Crippen MR) is 104 cm³/mol. The fourth-order valence-electron chi connectivity index (χ4n) is 3.93. The summed E-state index contributed by atoms with van der Waals surface area (Å²) in [5, 5.41) is 7.59. The van der Waals surface area contributed by atoms with Gasteiger partial charge in [0, 0.05) is 16.5 Å². The van der Waals surface area contributed by atoms with Crippen LogP contribution in [0.15, 0.2) is 18.2 Å². The van der Waals surface area contributed by atoms with Gasteiger partial charge in [-0.15, -0.1) is 11.3 Å². The van der Waals surface area contributed by atoms with Crippen LogP contribution in [0, 0.1) is 5.92 Å². The third-order valence-electron chi connectivity index (χ3n) is 5.47. The Kier molecular flexibility index (Phi) is 4.53. The number of benzene rings is 1. The van der Waals surface area contributed by atoms with Crippen LogP contribution in [0.2, 0.25) is 0 Å². The Morgan fingerprint density at radius 1 is 1.23 bits per heavy atom. The number of fused-ring (bicyclic) bond motifs is 3. The van der Waals surface area contributed by atoms with E-state index >= 15 is 0 Å². The highest BCUT2D eigenvalue weighted by atomic mass is 32.1. The molecule has 0 fully saturated rings. The van der Waals surface area contributed by atoms with E-state index in [4.69, 9.17) is 9.47 Å². The molecule has 1 aliphatic carbocycles. The number of hydrogen-bond acceptors (Lipinski definition) is 5. The average Bonchev–Trinajstić information content (AvgIpc) is 3.05. The Morgan fingerprint density at radius 2 is 2.08 bits per heavy atom. The van der Waals surface area contributed by atoms with Crippen molar-refractivity contribution in [2.45, 2.75) is 38.8 Å². The Bertz CT molecular complexity index is 846. The summed E-state index contributed by atoms with van der Waals surface area (Å²) in [5.74, 6) is 2.17. The van der Waals surface area contributed by atoms with Crippen molar-refractivity contribution in [3.8, 4) is 11.5 Å². The van der Waals surface area contributed by atoms with Crippen LogP contribution >= 0.6 is 11.3 Å². The smallest absolute Gasteiger partial charge is 0.256 e. The minimum atomic E-state index is -0.307. The Morgan fingerprint density at radius 3 is 2.81 bits per heavy atom. The number of amides is 1. The van der Waals surface area contributed by atoms with E-state index < -0.39 is 0 Å². The maximum atomic E-state index is 12.9. The SMILES string of the molecule is CC[C@H]1CCc2c(sc3c2C(=O)N[C@H](c2ccc(OC)cc2OC)N3)C1. The number of nitrogens with one attached hydrogen (secondary N) is 2. The summed E-state index contributed by atoms with van der Waals surface area (Å²) in [6, 6.07) is 5.65. The van der Waals surface area contributed by atoms with Crippen molar-refractivity contribution in [3.05, 3.63) is 39.8 Å². The summed E-state index contributed by atoms with van der Waals surface area (Å²) in [7, 11) is 3.25. The first-order valence-corrected chi connectivity index (χ1v) is 9.90. The number of hydrogen-bond donors (Lipinski definition) is 2. The molecule has 0 radical (unpaired) electrons. The number of methoxy groups -OCH3 is 2. The molecule has 2 aliphatic rings. The van der Waals surface area contributed by atoms with Crippen LogP contribution in [-0.4, -0.2) is 20.1 Å². The van der Waals surface area contributed by atoms with Crippen molar-refractivity contribution >= 4 is 22.2 Å². The zero-order valence-electron chi connectivity index (χ0n) is 15.3. The van der Waals surface area contributed by atoms with Gasteiger partial charge < -0.3 is 20.1 Å². The van der Waals surface area contributed by atoms with Crippen molar-refractivity contribution in [2.24, 2.45) is 5.92 Å². The van der Waals surface area contributed by atoms with E-state index in [1.807, 2.05) is 18.2 Å². The maximum Gasteiger partial charge on any atom is 0.256 e. The van der Waals surface area contributed by atoms with Crippen molar-refractivity contribution in [1.29, 1.82) is 0 Å². The second-order valence-electron chi connectivity index (χ2n) is 6.88. The normalized spacial score (nSPS) is 21.3. The number of ether oxygens (including phenoxy) is 2. The number of thiophene rings is 1. The Hall–Kier alpha value is -2.21. The second-order valence-corrected chi connectivity index (χ2v) is 7.99. The third-order valence-corrected chi connectivity index (χ3v) is 6.66. The van der Waals surface area contributed by atoms with Crippen LogP contribution in [-0.2, 0) is 12.8 Å². The minimum absolute atomic E-state index is 0.00840. The lowest BCUT2D eigenvalue weighted by Gasteiger charge is -2.28. The van der Waals surface area contributed by atoms with Crippen LogP contribution in [0.3, 0.4) is 0 Å². The van der Waals surface area contributed by atoms with Crippen molar-refractivity contribution in [1.82, 2.24) is 5.32 Å². The van der Waals surface area contributed by atoms with E-state index in [1.165, 1.54) is 23.3 Å². The van der Waals surface area contributed by atoms with Crippen LogP contribution in [0.1, 0.15) is 52.3 Å². The largest absolute Gasteiger partial charge is 0.497 e. The summed E-state index contributed by atoms with van der Waals surface area (Å²) < 4.78 is 10.8. The van der Waals surface area contributed by atoms with Gasteiger partial charge in [-0.25, -0.2) is 0 Å². The molecule has 26 heavy (non-hydrogen) atoms. The average molecular weight is 372 g/mol. The van der Waals surface area contributed by atoms with Crippen molar-refractivity contribution < 1.29 is 14.3 Å². The monoisotopic (exact) mass is 372 g/mol. The lowest BCUT2D eigenvalue weighted by molar-refractivity contribution is 0.0934. The molecule has 0 bridgehead atoms. The molecular formula is C20H24N2O3S. The van der Waals surface area contributed by atoms with Crippen molar-refractivity contribution in [3.63, 3.8) is 0 Å². The molecular weight excluding hydrogens is 348 g/mol. The van der Waals surface area contributed by atoms with Gasteiger partial charge in [0.2, 0.25) is 0 Å². The van der Waals surface area contributed by atoms with Gasteiger partial charge in [-0.2, -0.15) is 0 Å². The Balaban J connectivity index is 1.67. The van der Waals surface area contributed by atoms with Gasteiger partial charge in [0.15, 0.2) is 0 Å². The highest BCUT2D eigenvalue weighted by molar-refractivity contribution is 7.16. The molecule has 1 aromatic carbocycles. The summed E-state index contributed by atoms with van der Waals surface area (Å²) in [6.45, 7) is 2.25. The van der Waals surface area contributed by atoms with Gasteiger partial charge in [-0.1, -0.05) is 13.3 Å². The Labute approximate surface area is 157 Å². The fraction of sp³-hybridized carbons (Fsp3) is 0.450. The van der Waals surface area contributed by atoms with Crippen LogP contribution in [0.25, 0.3) is 0 Å². The van der Waals surface area contributed by atoms with Gasteiger partial charge in [0.1, 0.15) is 22.7 Å². The van der Waals surface area contributed by atoms with E-state index in [0.29, 0.717) is 5.75 Å². The molecule has 0 saturated heterocycles. The summed E-state index contributed by atoms with van der Waals surface area (Å²) in [6.07, 6.45) is 4.17. The number of carbonyl (C=O) groups is 1. The predicted octanol–water partition coefficient (Wildman–Crippen LogP) is 4.13. The summed E-state index contributed by atoms with van der Waals surface area (Å²) in [5.41, 5.74) is 2.99. The van der Waals surface area contributed by atoms with Crippen LogP contribution in [0.4, 0.5) is 5.00 Å². The molecule has 0 saturated carbocycles. The molecule has 0 spiro atoms. The third kappa shape index (κ3) is 2.82. The summed E-state index contributed by atoms with van der Waals surface area (Å²) in [4.78, 5) is 14.2. The maximum absolute atomic E-state index is 12.9. The number of anilines is 1. The van der Waals surface area contributed by atoms with Gasteiger partial charge >= 0.3 is 0 Å². The number of rotatable bonds is 4. The van der Waals surface area contributed by atoms with Crippen LogP contribution in [0.5, 0.6) is 11.5 Å². The van der Waals surface area contributed by atoms with Crippen molar-refractivity contribution in [2.75, 3.05) is 19.5 Å². The van der Waals surface area contributed by atoms with Gasteiger partial charge in [0.05, 0.1) is 19.8 Å². The highest BCUT2D eigenvalue weighted by Crippen LogP contribution is 2.44. The molecule has 2 heterocycles. The zero-order valence-corrected chi connectivity index (χ0v) is 16.2. The van der Waals surface area contributed by atoms with Gasteiger partial charge in [0.25, 0.3) is 5.91 Å². The molecule has 0 unspecified atom stereocenters. The van der Waals surface area contributed by atoms with E-state index in [9.17, 15) is 4.79 Å². The van der Waals surface area contributed by atoms with Gasteiger partial charge in [-0.3, -0.25) is 4.79 Å². The lowest BCUT2D eigenvalue weighted by atomic mass is 9.85. The molecule has 1 aliphatic heterocycles. The molecule has 138 valence electrons. The topological polar surface area (TPSA) is 59.6 Å². The van der Waals surface area contributed by atoms with E-state index in [1.54, 1.807) is 25.6 Å². The van der Waals surface area contributed by atoms with E-state index in [0.717, 1.165) is 40.6 Å². The quantitative estimate of drug-likeness (QED) is 0.847.